The Kier molecular flexibility index (Phi) is 4.46. The second-order valence-electron chi connectivity index (χ2n) is 8.01. The van der Waals surface area contributed by atoms with Crippen LogP contribution < -0.4 is 10.1 Å². The number of nitrogens with one attached hydrogen (secondary N) is 1. The van der Waals surface area contributed by atoms with Gasteiger partial charge in [-0.3, -0.25) is 4.79 Å². The van der Waals surface area contributed by atoms with Crippen LogP contribution in [-0.4, -0.2) is 28.3 Å². The molecule has 7 nitrogen and oxygen atoms in total. The van der Waals surface area contributed by atoms with Crippen molar-refractivity contribution in [1.82, 2.24) is 5.16 Å². The van der Waals surface area contributed by atoms with E-state index in [0.29, 0.717) is 35.6 Å². The molecule has 2 aliphatic rings. The Hall–Kier alpha value is -3.74. The highest BCUT2D eigenvalue weighted by Crippen LogP contribution is 2.49. The SMILES string of the molecule is COc1ccc(C2CC(=O)C3=C(C2)Nc2onc(C)c2C3c2ccc(O)c(O)c2)cc1. The van der Waals surface area contributed by atoms with Crippen LogP contribution >= 0.6 is 0 Å². The van der Waals surface area contributed by atoms with Crippen molar-refractivity contribution in [1.29, 1.82) is 0 Å². The molecule has 31 heavy (non-hydrogen) atoms. The second-order valence-corrected chi connectivity index (χ2v) is 8.01. The molecule has 2 atom stereocenters. The highest BCUT2D eigenvalue weighted by Gasteiger charge is 2.41. The highest BCUT2D eigenvalue weighted by atomic mass is 16.5. The monoisotopic (exact) mass is 418 g/mol. The fraction of sp³-hybridized carbons (Fsp3) is 0.250. The fourth-order valence-electron chi connectivity index (χ4n) is 4.64. The van der Waals surface area contributed by atoms with E-state index in [9.17, 15) is 15.0 Å². The molecule has 1 aliphatic carbocycles. The number of phenols is 2. The molecule has 3 aromatic rings. The molecule has 1 aliphatic heterocycles. The van der Waals surface area contributed by atoms with Crippen LogP contribution in [0.2, 0.25) is 0 Å². The summed E-state index contributed by atoms with van der Waals surface area (Å²) < 4.78 is 10.8. The molecule has 2 heterocycles. The van der Waals surface area contributed by atoms with Gasteiger partial charge in [0.2, 0.25) is 5.88 Å². The Bertz CT molecular complexity index is 1210. The average Bonchev–Trinajstić information content (AvgIpc) is 3.14. The molecule has 0 saturated heterocycles. The number of hydrogen-bond acceptors (Lipinski definition) is 7. The van der Waals surface area contributed by atoms with Crippen LogP contribution in [0.4, 0.5) is 5.88 Å². The standard InChI is InChI=1S/C24H22N2O5/c1-12-21-22(14-5-8-18(27)19(28)10-14)23-17(25-24(21)31-26-12)9-15(11-20(23)29)13-3-6-16(30-2)7-4-13/h3-8,10,15,22,25,27-28H,9,11H2,1-2H3. The molecule has 5 rings (SSSR count). The van der Waals surface area contributed by atoms with E-state index in [1.54, 1.807) is 13.2 Å². The van der Waals surface area contributed by atoms with E-state index in [1.165, 1.54) is 12.1 Å². The van der Waals surface area contributed by atoms with Gasteiger partial charge in [-0.2, -0.15) is 0 Å². The molecule has 2 aromatic carbocycles. The first-order valence-electron chi connectivity index (χ1n) is 10.1. The predicted molar refractivity (Wildman–Crippen MR) is 113 cm³/mol. The maximum atomic E-state index is 13.4. The Morgan fingerprint density at radius 3 is 2.52 bits per heavy atom. The number of aryl methyl sites for hydroxylation is 1. The Balaban J connectivity index is 1.59. The molecule has 0 spiro atoms. The van der Waals surface area contributed by atoms with Gasteiger partial charge < -0.3 is 24.8 Å². The van der Waals surface area contributed by atoms with Gasteiger partial charge in [-0.1, -0.05) is 23.4 Å². The number of aromatic nitrogens is 1. The number of rotatable bonds is 3. The van der Waals surface area contributed by atoms with Crippen LogP contribution in [0.25, 0.3) is 0 Å². The number of aromatic hydroxyl groups is 2. The fourth-order valence-corrected chi connectivity index (χ4v) is 4.64. The normalized spacial score (nSPS) is 20.1. The van der Waals surface area contributed by atoms with Crippen molar-refractivity contribution in [2.75, 3.05) is 12.4 Å². The van der Waals surface area contributed by atoms with Crippen molar-refractivity contribution in [3.8, 4) is 17.2 Å². The summed E-state index contributed by atoms with van der Waals surface area (Å²) in [5.74, 6) is 0.500. The van der Waals surface area contributed by atoms with Gasteiger partial charge in [0, 0.05) is 23.6 Å². The first kappa shape index (κ1) is 19.2. The van der Waals surface area contributed by atoms with Crippen LogP contribution in [0.15, 0.2) is 58.3 Å². The number of Topliss-reactive ketones (excluding diaryl/α,β-unsaturated/α-hetero) is 1. The van der Waals surface area contributed by atoms with Gasteiger partial charge >= 0.3 is 0 Å². The molecule has 0 bridgehead atoms. The molecule has 2 unspecified atom stereocenters. The number of fused-ring (bicyclic) bond motifs is 1. The topological polar surface area (TPSA) is 105 Å². The minimum Gasteiger partial charge on any atom is -0.504 e. The van der Waals surface area contributed by atoms with Gasteiger partial charge in [-0.25, -0.2) is 0 Å². The Labute approximate surface area is 179 Å². The number of nitrogens with zero attached hydrogens (tertiary/aromatic N) is 1. The van der Waals surface area contributed by atoms with Crippen molar-refractivity contribution < 1.29 is 24.3 Å². The third-order valence-electron chi connectivity index (χ3n) is 6.18. The van der Waals surface area contributed by atoms with E-state index in [-0.39, 0.29) is 23.2 Å². The maximum absolute atomic E-state index is 13.4. The number of carbonyl (C=O) groups is 1. The number of anilines is 1. The van der Waals surface area contributed by atoms with E-state index in [0.717, 1.165) is 22.6 Å². The summed E-state index contributed by atoms with van der Waals surface area (Å²) in [6.45, 7) is 1.83. The zero-order chi connectivity index (χ0) is 21.7. The summed E-state index contributed by atoms with van der Waals surface area (Å²) in [5, 5.41) is 27.2. The zero-order valence-electron chi connectivity index (χ0n) is 17.2. The number of hydrogen-bond donors (Lipinski definition) is 3. The summed E-state index contributed by atoms with van der Waals surface area (Å²) in [6, 6.07) is 12.4. The lowest BCUT2D eigenvalue weighted by atomic mass is 9.72. The molecule has 0 radical (unpaired) electrons. The van der Waals surface area contributed by atoms with E-state index >= 15 is 0 Å². The molecular formula is C24H22N2O5. The van der Waals surface area contributed by atoms with Crippen molar-refractivity contribution in [3.63, 3.8) is 0 Å². The molecular weight excluding hydrogens is 396 g/mol. The molecule has 7 heteroatoms. The minimum absolute atomic E-state index is 0.0316. The van der Waals surface area contributed by atoms with Gasteiger partial charge in [0.1, 0.15) is 5.75 Å². The predicted octanol–water partition coefficient (Wildman–Crippen LogP) is 4.36. The summed E-state index contributed by atoms with van der Waals surface area (Å²) >= 11 is 0. The van der Waals surface area contributed by atoms with Crippen LogP contribution in [-0.2, 0) is 4.79 Å². The number of phenolic OH excluding ortho intramolecular Hbond substituents is 2. The first-order valence-corrected chi connectivity index (χ1v) is 10.1. The summed E-state index contributed by atoms with van der Waals surface area (Å²) in [5.41, 5.74) is 4.69. The third-order valence-corrected chi connectivity index (χ3v) is 6.18. The summed E-state index contributed by atoms with van der Waals surface area (Å²) in [6.07, 6.45) is 1.03. The maximum Gasteiger partial charge on any atom is 0.233 e. The minimum atomic E-state index is -0.423. The Morgan fingerprint density at radius 2 is 1.81 bits per heavy atom. The van der Waals surface area contributed by atoms with Gasteiger partial charge in [0.05, 0.1) is 18.4 Å². The second kappa shape index (κ2) is 7.19. The molecule has 0 fully saturated rings. The summed E-state index contributed by atoms with van der Waals surface area (Å²) in [4.78, 5) is 13.4. The van der Waals surface area contributed by atoms with E-state index in [1.807, 2.05) is 31.2 Å². The van der Waals surface area contributed by atoms with E-state index in [4.69, 9.17) is 9.26 Å². The first-order chi connectivity index (χ1) is 15.0. The Morgan fingerprint density at radius 1 is 1.06 bits per heavy atom. The van der Waals surface area contributed by atoms with Crippen LogP contribution in [0.5, 0.6) is 17.2 Å². The largest absolute Gasteiger partial charge is 0.504 e. The molecule has 1 aromatic heterocycles. The van der Waals surface area contributed by atoms with Crippen molar-refractivity contribution >= 4 is 11.7 Å². The highest BCUT2D eigenvalue weighted by molar-refractivity contribution is 6.01. The van der Waals surface area contributed by atoms with Gasteiger partial charge in [-0.15, -0.1) is 0 Å². The van der Waals surface area contributed by atoms with Gasteiger partial charge in [-0.05, 0) is 54.7 Å². The molecule has 0 saturated carbocycles. The molecule has 158 valence electrons. The molecule has 3 N–H and O–H groups in total. The smallest absolute Gasteiger partial charge is 0.233 e. The number of methoxy groups -OCH3 is 1. The van der Waals surface area contributed by atoms with Gasteiger partial charge in [0.25, 0.3) is 0 Å². The molecule has 0 amide bonds. The number of ether oxygens (including phenoxy) is 1. The summed E-state index contributed by atoms with van der Waals surface area (Å²) in [7, 11) is 1.63. The van der Waals surface area contributed by atoms with E-state index < -0.39 is 5.92 Å². The number of benzene rings is 2. The van der Waals surface area contributed by atoms with E-state index in [2.05, 4.69) is 10.5 Å². The van der Waals surface area contributed by atoms with Crippen molar-refractivity contribution in [2.24, 2.45) is 0 Å². The van der Waals surface area contributed by atoms with Crippen LogP contribution in [0.3, 0.4) is 0 Å². The van der Waals surface area contributed by atoms with Gasteiger partial charge in [0.15, 0.2) is 17.3 Å². The number of allylic oxidation sites excluding steroid dienone is 2. The zero-order valence-corrected chi connectivity index (χ0v) is 17.2. The quantitative estimate of drug-likeness (QED) is 0.543. The van der Waals surface area contributed by atoms with Crippen molar-refractivity contribution in [3.05, 3.63) is 76.1 Å². The average molecular weight is 418 g/mol. The lowest BCUT2D eigenvalue weighted by Crippen LogP contribution is -2.29. The lowest BCUT2D eigenvalue weighted by Gasteiger charge is -2.34. The van der Waals surface area contributed by atoms with Crippen molar-refractivity contribution in [2.45, 2.75) is 31.6 Å². The van der Waals surface area contributed by atoms with Crippen LogP contribution in [0, 0.1) is 6.92 Å². The number of ketones is 1. The van der Waals surface area contributed by atoms with Crippen LogP contribution in [0.1, 0.15) is 47.1 Å². The lowest BCUT2D eigenvalue weighted by molar-refractivity contribution is -0.116. The number of carbonyl (C=O) groups excluding carboxylic acids is 1. The third kappa shape index (κ3) is 3.13.